The number of thioether (sulfide) groups is 1. The number of fused-ring (bicyclic) bond motifs is 1. The summed E-state index contributed by atoms with van der Waals surface area (Å²) in [6.45, 7) is 0.423. The standard InChI is InChI=1S/C26H26N4O3S/c1-32-22-15-18(12-13-21(22)33-16-17-8-4-2-5-9-17)14-20-23(27)30-26(28-24(20)31)34-25(29-30)19-10-6-3-7-11-19/h2,4-5,8-9,12-15,19,27H,3,6-7,10-11,16H2,1H3/b20-14-,27-23?. The number of hydrogen-bond donors (Lipinski definition) is 1. The Morgan fingerprint density at radius 1 is 1.12 bits per heavy atom. The average molecular weight is 475 g/mol. The first kappa shape index (κ1) is 22.4. The molecule has 3 aliphatic rings. The molecule has 7 nitrogen and oxygen atoms in total. The second-order valence-electron chi connectivity index (χ2n) is 8.48. The molecule has 5 rings (SSSR count). The van der Waals surface area contributed by atoms with Gasteiger partial charge >= 0.3 is 0 Å². The summed E-state index contributed by atoms with van der Waals surface area (Å²) >= 11 is 1.43. The molecule has 0 radical (unpaired) electrons. The van der Waals surface area contributed by atoms with Gasteiger partial charge in [-0.3, -0.25) is 10.2 Å². The number of nitrogens with one attached hydrogen (secondary N) is 1. The molecule has 2 aromatic rings. The first-order chi connectivity index (χ1) is 16.6. The van der Waals surface area contributed by atoms with Crippen LogP contribution in [0.15, 0.2) is 64.2 Å². The summed E-state index contributed by atoms with van der Waals surface area (Å²) in [6, 6.07) is 15.3. The highest BCUT2D eigenvalue weighted by atomic mass is 32.2. The van der Waals surface area contributed by atoms with E-state index in [2.05, 4.69) is 10.1 Å². The molecular weight excluding hydrogens is 448 g/mol. The lowest BCUT2D eigenvalue weighted by Gasteiger charge is -2.20. The van der Waals surface area contributed by atoms with Gasteiger partial charge in [0.25, 0.3) is 5.91 Å². The van der Waals surface area contributed by atoms with Crippen LogP contribution in [-0.2, 0) is 11.4 Å². The molecule has 1 N–H and O–H groups in total. The van der Waals surface area contributed by atoms with E-state index in [0.29, 0.717) is 29.2 Å². The Hall–Kier alpha value is -3.39. The second-order valence-corrected chi connectivity index (χ2v) is 9.47. The lowest BCUT2D eigenvalue weighted by atomic mass is 9.90. The third kappa shape index (κ3) is 4.63. The van der Waals surface area contributed by atoms with Crippen molar-refractivity contribution < 1.29 is 14.3 Å². The summed E-state index contributed by atoms with van der Waals surface area (Å²) < 4.78 is 11.4. The van der Waals surface area contributed by atoms with E-state index in [0.717, 1.165) is 29.0 Å². The number of benzene rings is 2. The van der Waals surface area contributed by atoms with Gasteiger partial charge in [0.1, 0.15) is 11.7 Å². The highest BCUT2D eigenvalue weighted by Gasteiger charge is 2.37. The van der Waals surface area contributed by atoms with E-state index in [-0.39, 0.29) is 11.4 Å². The third-order valence-electron chi connectivity index (χ3n) is 6.16. The molecule has 8 heteroatoms. The van der Waals surface area contributed by atoms with E-state index in [1.807, 2.05) is 42.5 Å². The molecule has 0 bridgehead atoms. The Kier molecular flexibility index (Phi) is 6.49. The largest absolute Gasteiger partial charge is 0.493 e. The van der Waals surface area contributed by atoms with Crippen LogP contribution in [0, 0.1) is 11.3 Å². The molecule has 0 unspecified atom stereocenters. The van der Waals surface area contributed by atoms with Crippen molar-refractivity contribution in [1.82, 2.24) is 5.01 Å². The van der Waals surface area contributed by atoms with Crippen LogP contribution in [0.4, 0.5) is 0 Å². The van der Waals surface area contributed by atoms with Crippen molar-refractivity contribution in [3.05, 3.63) is 65.2 Å². The predicted molar refractivity (Wildman–Crippen MR) is 135 cm³/mol. The molecule has 0 atom stereocenters. The van der Waals surface area contributed by atoms with E-state index in [9.17, 15) is 4.79 Å². The average Bonchev–Trinajstić information content (AvgIpc) is 3.31. The number of aliphatic imine (C=N–C) groups is 1. The van der Waals surface area contributed by atoms with Crippen molar-refractivity contribution in [1.29, 1.82) is 5.41 Å². The van der Waals surface area contributed by atoms with Gasteiger partial charge < -0.3 is 9.47 Å². The van der Waals surface area contributed by atoms with Gasteiger partial charge in [-0.15, -0.1) is 0 Å². The van der Waals surface area contributed by atoms with Crippen molar-refractivity contribution in [2.45, 2.75) is 38.7 Å². The van der Waals surface area contributed by atoms with E-state index in [1.54, 1.807) is 19.3 Å². The number of hydrogen-bond acceptors (Lipinski definition) is 6. The van der Waals surface area contributed by atoms with Gasteiger partial charge in [-0.2, -0.15) is 15.1 Å². The molecule has 34 heavy (non-hydrogen) atoms. The Morgan fingerprint density at radius 2 is 1.91 bits per heavy atom. The maximum Gasteiger partial charge on any atom is 0.283 e. The first-order valence-corrected chi connectivity index (χ1v) is 12.3. The zero-order valence-electron chi connectivity index (χ0n) is 19.0. The normalized spacial score (nSPS) is 19.7. The fourth-order valence-electron chi connectivity index (χ4n) is 4.32. The number of amides is 1. The van der Waals surface area contributed by atoms with E-state index in [4.69, 9.17) is 14.9 Å². The quantitative estimate of drug-likeness (QED) is 0.561. The lowest BCUT2D eigenvalue weighted by molar-refractivity contribution is -0.114. The van der Waals surface area contributed by atoms with Crippen LogP contribution < -0.4 is 9.47 Å². The molecule has 2 heterocycles. The highest BCUT2D eigenvalue weighted by molar-refractivity contribution is 8.27. The van der Waals surface area contributed by atoms with Crippen molar-refractivity contribution in [3.63, 3.8) is 0 Å². The van der Waals surface area contributed by atoms with Crippen molar-refractivity contribution >= 4 is 39.8 Å². The van der Waals surface area contributed by atoms with Gasteiger partial charge in [-0.1, -0.05) is 55.7 Å². The molecule has 1 aliphatic carbocycles. The zero-order chi connectivity index (χ0) is 23.5. The summed E-state index contributed by atoms with van der Waals surface area (Å²) in [4.78, 5) is 17.0. The minimum absolute atomic E-state index is 0.0525. The third-order valence-corrected chi connectivity index (χ3v) is 7.23. The van der Waals surface area contributed by atoms with Gasteiger partial charge in [0.2, 0.25) is 5.17 Å². The monoisotopic (exact) mass is 474 g/mol. The molecule has 2 aromatic carbocycles. The molecule has 0 saturated heterocycles. The Balaban J connectivity index is 1.35. The van der Waals surface area contributed by atoms with E-state index >= 15 is 0 Å². The topological polar surface area (TPSA) is 87.3 Å². The molecule has 1 fully saturated rings. The van der Waals surface area contributed by atoms with Gasteiger partial charge in [0, 0.05) is 5.92 Å². The maximum absolute atomic E-state index is 12.8. The van der Waals surface area contributed by atoms with E-state index in [1.165, 1.54) is 36.0 Å². The smallest absolute Gasteiger partial charge is 0.283 e. The molecule has 0 aromatic heterocycles. The fraction of sp³-hybridized carbons (Fsp3) is 0.308. The molecule has 2 aliphatic heterocycles. The van der Waals surface area contributed by atoms with Crippen LogP contribution >= 0.6 is 11.8 Å². The second kappa shape index (κ2) is 9.85. The van der Waals surface area contributed by atoms with Crippen molar-refractivity contribution in [2.24, 2.45) is 16.0 Å². The number of hydrazone groups is 1. The predicted octanol–water partition coefficient (Wildman–Crippen LogP) is 5.47. The molecule has 174 valence electrons. The van der Waals surface area contributed by atoms with Crippen LogP contribution in [0.1, 0.15) is 43.2 Å². The summed E-state index contributed by atoms with van der Waals surface area (Å²) in [5, 5.41) is 16.2. The van der Waals surface area contributed by atoms with Gasteiger partial charge in [-0.05, 0) is 53.9 Å². The summed E-state index contributed by atoms with van der Waals surface area (Å²) in [5.74, 6) is 1.19. The molecule has 1 saturated carbocycles. The number of amidine groups is 2. The van der Waals surface area contributed by atoms with Crippen LogP contribution in [0.2, 0.25) is 0 Å². The number of carbonyl (C=O) groups excluding carboxylic acids is 1. The minimum atomic E-state index is -0.424. The van der Waals surface area contributed by atoms with Crippen LogP contribution in [0.3, 0.4) is 0 Å². The Labute approximate surface area is 203 Å². The fourth-order valence-corrected chi connectivity index (χ4v) is 5.38. The summed E-state index contributed by atoms with van der Waals surface area (Å²) in [5.41, 5.74) is 1.99. The van der Waals surface area contributed by atoms with Crippen LogP contribution in [-0.4, -0.2) is 34.1 Å². The van der Waals surface area contributed by atoms with Gasteiger partial charge in [0.05, 0.1) is 12.7 Å². The SMILES string of the molecule is COc1cc(/C=C2/C(=N)N3N=C(C4CCCCC4)SC3=NC2=O)ccc1OCc1ccccc1. The van der Waals surface area contributed by atoms with Crippen LogP contribution in [0.25, 0.3) is 6.08 Å². The van der Waals surface area contributed by atoms with Crippen molar-refractivity contribution in [3.8, 4) is 11.5 Å². The van der Waals surface area contributed by atoms with E-state index < -0.39 is 5.91 Å². The number of carbonyl (C=O) groups is 1. The van der Waals surface area contributed by atoms with Gasteiger partial charge in [0.15, 0.2) is 17.3 Å². The molecule has 0 spiro atoms. The van der Waals surface area contributed by atoms with Gasteiger partial charge in [-0.25, -0.2) is 0 Å². The summed E-state index contributed by atoms with van der Waals surface area (Å²) in [7, 11) is 1.58. The number of ether oxygens (including phenoxy) is 2. The first-order valence-electron chi connectivity index (χ1n) is 11.5. The zero-order valence-corrected chi connectivity index (χ0v) is 19.8. The number of rotatable bonds is 6. The summed E-state index contributed by atoms with van der Waals surface area (Å²) in [6.07, 6.45) is 7.54. The number of nitrogens with zero attached hydrogens (tertiary/aromatic N) is 3. The Morgan fingerprint density at radius 3 is 2.68 bits per heavy atom. The van der Waals surface area contributed by atoms with Crippen molar-refractivity contribution in [2.75, 3.05) is 7.11 Å². The molecular formula is C26H26N4O3S. The molecule has 1 amide bonds. The highest BCUT2D eigenvalue weighted by Crippen LogP contribution is 2.36. The number of methoxy groups -OCH3 is 1. The maximum atomic E-state index is 12.8. The van der Waals surface area contributed by atoms with Crippen LogP contribution in [0.5, 0.6) is 11.5 Å². The minimum Gasteiger partial charge on any atom is -0.493 e. The Bertz CT molecular complexity index is 1200. The lowest BCUT2D eigenvalue weighted by Crippen LogP contribution is -2.35.